The van der Waals surface area contributed by atoms with Crippen molar-refractivity contribution in [2.45, 2.75) is 12.3 Å². The monoisotopic (exact) mass is 539 g/mol. The van der Waals surface area contributed by atoms with Gasteiger partial charge in [0.25, 0.3) is 0 Å². The van der Waals surface area contributed by atoms with Gasteiger partial charge < -0.3 is 9.32 Å². The molecular weight excluding hydrogens is 510 g/mol. The summed E-state index contributed by atoms with van der Waals surface area (Å²) in [6, 6.07) is 49.6. The summed E-state index contributed by atoms with van der Waals surface area (Å²) < 4.78 is 6.23. The van der Waals surface area contributed by atoms with E-state index in [1.54, 1.807) is 0 Å². The SMILES string of the molecule is C1=CC(c2ccccc2)CC=C1N(c1ccc(-c2ccccc2)cc1)c1ccc2ccc3oc4ccccc4c3c2c1. The highest BCUT2D eigenvalue weighted by molar-refractivity contribution is 6.19. The van der Waals surface area contributed by atoms with E-state index in [0.717, 1.165) is 34.3 Å². The molecule has 0 amide bonds. The maximum atomic E-state index is 6.23. The van der Waals surface area contributed by atoms with Crippen LogP contribution in [0.4, 0.5) is 11.4 Å². The molecular formula is C40H29NO. The smallest absolute Gasteiger partial charge is 0.136 e. The highest BCUT2D eigenvalue weighted by Crippen LogP contribution is 2.40. The number of hydrogen-bond acceptors (Lipinski definition) is 2. The Hall–Kier alpha value is -5.34. The molecule has 0 fully saturated rings. The van der Waals surface area contributed by atoms with Crippen molar-refractivity contribution in [1.82, 2.24) is 0 Å². The standard InChI is InChI=1S/C40H29NO/c1-3-9-28(10-4-1)30-15-21-33(22-16-30)41(34-23-17-31(18-24-34)29-11-5-2-6-12-29)35-25-19-32-20-26-39-40(37(32)27-35)36-13-7-8-14-38(36)42-39/h1-17,19-27,31H,18H2. The summed E-state index contributed by atoms with van der Waals surface area (Å²) in [4.78, 5) is 2.38. The van der Waals surface area contributed by atoms with Crippen LogP contribution in [-0.4, -0.2) is 0 Å². The number of hydrogen-bond donors (Lipinski definition) is 0. The molecule has 0 N–H and O–H groups in total. The lowest BCUT2D eigenvalue weighted by Gasteiger charge is -2.29. The quantitative estimate of drug-likeness (QED) is 0.216. The van der Waals surface area contributed by atoms with Crippen molar-refractivity contribution >= 4 is 44.1 Å². The van der Waals surface area contributed by atoms with E-state index < -0.39 is 0 Å². The zero-order valence-electron chi connectivity index (χ0n) is 23.2. The summed E-state index contributed by atoms with van der Waals surface area (Å²) >= 11 is 0. The number of allylic oxidation sites excluding steroid dienone is 3. The first-order chi connectivity index (χ1) is 20.8. The van der Waals surface area contributed by atoms with Gasteiger partial charge in [-0.05, 0) is 76.4 Å². The van der Waals surface area contributed by atoms with Crippen molar-refractivity contribution in [2.75, 3.05) is 4.90 Å². The molecule has 6 aromatic carbocycles. The predicted molar refractivity (Wildman–Crippen MR) is 176 cm³/mol. The van der Waals surface area contributed by atoms with Gasteiger partial charge >= 0.3 is 0 Å². The minimum absolute atomic E-state index is 0.380. The van der Waals surface area contributed by atoms with Crippen molar-refractivity contribution in [1.29, 1.82) is 0 Å². The summed E-state index contributed by atoms with van der Waals surface area (Å²) in [6.45, 7) is 0. The van der Waals surface area contributed by atoms with Gasteiger partial charge in [0.2, 0.25) is 0 Å². The van der Waals surface area contributed by atoms with E-state index in [9.17, 15) is 0 Å². The van der Waals surface area contributed by atoms with Crippen LogP contribution in [0, 0.1) is 0 Å². The maximum Gasteiger partial charge on any atom is 0.136 e. The molecule has 1 atom stereocenters. The number of rotatable bonds is 5. The number of nitrogens with zero attached hydrogens (tertiary/aromatic N) is 1. The Kier molecular flexibility index (Phi) is 5.97. The molecule has 8 rings (SSSR count). The van der Waals surface area contributed by atoms with E-state index in [1.807, 2.05) is 12.1 Å². The van der Waals surface area contributed by atoms with Crippen molar-refractivity contribution in [3.63, 3.8) is 0 Å². The average molecular weight is 540 g/mol. The van der Waals surface area contributed by atoms with Crippen LogP contribution in [0.2, 0.25) is 0 Å². The Bertz CT molecular complexity index is 2100. The Morgan fingerprint density at radius 2 is 1.26 bits per heavy atom. The van der Waals surface area contributed by atoms with Crippen molar-refractivity contribution in [3.05, 3.63) is 169 Å². The third-order valence-electron chi connectivity index (χ3n) is 8.40. The maximum absolute atomic E-state index is 6.23. The van der Waals surface area contributed by atoms with Crippen molar-refractivity contribution < 1.29 is 4.42 Å². The van der Waals surface area contributed by atoms with Gasteiger partial charge in [-0.15, -0.1) is 0 Å². The normalized spacial score (nSPS) is 14.9. The Morgan fingerprint density at radius 3 is 2.05 bits per heavy atom. The second kappa shape index (κ2) is 10.2. The van der Waals surface area contributed by atoms with Crippen LogP contribution in [-0.2, 0) is 0 Å². The van der Waals surface area contributed by atoms with Crippen LogP contribution in [0.5, 0.6) is 0 Å². The third kappa shape index (κ3) is 4.29. The Labute approximate surface area is 245 Å². The summed E-state index contributed by atoms with van der Waals surface area (Å²) in [6.07, 6.45) is 7.96. The molecule has 1 aliphatic rings. The fourth-order valence-electron chi connectivity index (χ4n) is 6.27. The van der Waals surface area contributed by atoms with E-state index in [4.69, 9.17) is 4.42 Å². The van der Waals surface area contributed by atoms with Gasteiger partial charge in [-0.2, -0.15) is 0 Å². The summed E-state index contributed by atoms with van der Waals surface area (Å²) in [7, 11) is 0. The molecule has 7 aromatic rings. The molecule has 0 saturated carbocycles. The topological polar surface area (TPSA) is 16.4 Å². The summed E-state index contributed by atoms with van der Waals surface area (Å²) in [5.74, 6) is 0.380. The van der Waals surface area contributed by atoms with E-state index in [1.165, 1.54) is 38.5 Å². The average Bonchev–Trinajstić information content (AvgIpc) is 3.46. The van der Waals surface area contributed by atoms with Gasteiger partial charge in [-0.25, -0.2) is 0 Å². The van der Waals surface area contributed by atoms with Crippen molar-refractivity contribution in [3.8, 4) is 11.1 Å². The largest absolute Gasteiger partial charge is 0.456 e. The fraction of sp³-hybridized carbons (Fsp3) is 0.0500. The fourth-order valence-corrected chi connectivity index (χ4v) is 6.27. The molecule has 1 unspecified atom stereocenters. The first kappa shape index (κ1) is 24.5. The number of anilines is 2. The lowest BCUT2D eigenvalue weighted by molar-refractivity contribution is 0.669. The summed E-state index contributed by atoms with van der Waals surface area (Å²) in [5, 5.41) is 4.72. The molecule has 200 valence electrons. The minimum atomic E-state index is 0.380. The molecule has 2 nitrogen and oxygen atoms in total. The molecule has 0 saturated heterocycles. The first-order valence-electron chi connectivity index (χ1n) is 14.5. The highest BCUT2D eigenvalue weighted by atomic mass is 16.3. The lowest BCUT2D eigenvalue weighted by Crippen LogP contribution is -2.17. The van der Waals surface area contributed by atoms with E-state index in [2.05, 4.69) is 151 Å². The van der Waals surface area contributed by atoms with Gasteiger partial charge in [0.05, 0.1) is 0 Å². The number of fused-ring (bicyclic) bond motifs is 5. The van der Waals surface area contributed by atoms with Gasteiger partial charge in [-0.1, -0.05) is 115 Å². The third-order valence-corrected chi connectivity index (χ3v) is 8.40. The Morgan fingerprint density at radius 1 is 0.571 bits per heavy atom. The molecule has 0 radical (unpaired) electrons. The first-order valence-corrected chi connectivity index (χ1v) is 14.5. The van der Waals surface area contributed by atoms with Crippen LogP contribution in [0.1, 0.15) is 17.9 Å². The van der Waals surface area contributed by atoms with Crippen LogP contribution in [0.15, 0.2) is 168 Å². The highest BCUT2D eigenvalue weighted by Gasteiger charge is 2.19. The molecule has 0 aliphatic heterocycles. The predicted octanol–water partition coefficient (Wildman–Crippen LogP) is 11.2. The van der Waals surface area contributed by atoms with Crippen molar-refractivity contribution in [2.24, 2.45) is 0 Å². The Balaban J connectivity index is 1.26. The van der Waals surface area contributed by atoms with E-state index >= 15 is 0 Å². The zero-order chi connectivity index (χ0) is 27.9. The second-order valence-electron chi connectivity index (χ2n) is 10.9. The van der Waals surface area contributed by atoms with Gasteiger partial charge in [0.1, 0.15) is 11.2 Å². The van der Waals surface area contributed by atoms with Crippen LogP contribution < -0.4 is 4.90 Å². The second-order valence-corrected chi connectivity index (χ2v) is 10.9. The molecule has 42 heavy (non-hydrogen) atoms. The van der Waals surface area contributed by atoms with E-state index in [0.29, 0.717) is 5.92 Å². The molecule has 0 bridgehead atoms. The van der Waals surface area contributed by atoms with Crippen LogP contribution >= 0.6 is 0 Å². The van der Waals surface area contributed by atoms with Crippen LogP contribution in [0.25, 0.3) is 43.8 Å². The molecule has 1 aliphatic carbocycles. The molecule has 2 heteroatoms. The number of benzene rings is 6. The van der Waals surface area contributed by atoms with Gasteiger partial charge in [0, 0.05) is 33.8 Å². The molecule has 1 heterocycles. The van der Waals surface area contributed by atoms with Gasteiger partial charge in [0.15, 0.2) is 0 Å². The zero-order valence-corrected chi connectivity index (χ0v) is 23.2. The summed E-state index contributed by atoms with van der Waals surface area (Å²) in [5.41, 5.74) is 9.06. The lowest BCUT2D eigenvalue weighted by atomic mass is 9.91. The van der Waals surface area contributed by atoms with Gasteiger partial charge in [-0.3, -0.25) is 0 Å². The number of furan rings is 1. The van der Waals surface area contributed by atoms with Crippen LogP contribution in [0.3, 0.4) is 0 Å². The van der Waals surface area contributed by atoms with E-state index in [-0.39, 0.29) is 0 Å². The number of para-hydroxylation sites is 1. The molecule has 0 spiro atoms. The minimum Gasteiger partial charge on any atom is -0.456 e. The molecule has 1 aromatic heterocycles.